The summed E-state index contributed by atoms with van der Waals surface area (Å²) in [5.41, 5.74) is -1.19. The minimum Gasteiger partial charge on any atom is -0.477 e. The Kier molecular flexibility index (Phi) is 4.44. The number of para-hydroxylation sites is 1. The van der Waals surface area contributed by atoms with E-state index in [2.05, 4.69) is 5.32 Å². The summed E-state index contributed by atoms with van der Waals surface area (Å²) in [6, 6.07) is 4.14. The predicted molar refractivity (Wildman–Crippen MR) is 69.6 cm³/mol. The molecule has 0 unspecified atom stereocenters. The second kappa shape index (κ2) is 5.66. The zero-order chi connectivity index (χ0) is 14.6. The molecule has 0 aliphatic carbocycles. The number of rotatable bonds is 6. The van der Waals surface area contributed by atoms with Crippen molar-refractivity contribution in [1.82, 2.24) is 0 Å². The topological polar surface area (TPSA) is 102 Å². The maximum atomic E-state index is 11.1. The van der Waals surface area contributed by atoms with Gasteiger partial charge in [-0.15, -0.1) is 0 Å². The molecule has 7 nitrogen and oxygen atoms in total. The van der Waals surface area contributed by atoms with Crippen LogP contribution in [-0.4, -0.2) is 35.3 Å². The van der Waals surface area contributed by atoms with Crippen molar-refractivity contribution in [2.45, 2.75) is 19.4 Å². The first-order valence-corrected chi connectivity index (χ1v) is 5.56. The zero-order valence-corrected chi connectivity index (χ0v) is 11.0. The first kappa shape index (κ1) is 14.9. The molecule has 19 heavy (non-hydrogen) atoms. The highest BCUT2D eigenvalue weighted by Crippen LogP contribution is 2.30. The van der Waals surface area contributed by atoms with Gasteiger partial charge in [0.2, 0.25) is 0 Å². The Bertz CT molecular complexity index is 499. The molecule has 0 atom stereocenters. The van der Waals surface area contributed by atoms with E-state index in [9.17, 15) is 14.9 Å². The molecule has 0 heterocycles. The van der Waals surface area contributed by atoms with Crippen LogP contribution < -0.4 is 5.32 Å². The molecule has 0 aliphatic rings. The number of carboxylic acids is 1. The van der Waals surface area contributed by atoms with Gasteiger partial charge in [0, 0.05) is 7.11 Å². The zero-order valence-electron chi connectivity index (χ0n) is 11.0. The van der Waals surface area contributed by atoms with Crippen LogP contribution in [0.1, 0.15) is 24.2 Å². The van der Waals surface area contributed by atoms with Crippen molar-refractivity contribution in [2.24, 2.45) is 0 Å². The van der Waals surface area contributed by atoms with Crippen LogP contribution in [0.4, 0.5) is 11.4 Å². The van der Waals surface area contributed by atoms with E-state index in [1.165, 1.54) is 25.3 Å². The molecular weight excluding hydrogens is 252 g/mol. The number of hydrogen-bond donors (Lipinski definition) is 2. The summed E-state index contributed by atoms with van der Waals surface area (Å²) < 4.78 is 5.01. The van der Waals surface area contributed by atoms with Crippen molar-refractivity contribution >= 4 is 17.3 Å². The molecule has 0 aliphatic heterocycles. The van der Waals surface area contributed by atoms with E-state index in [1.54, 1.807) is 13.8 Å². The number of anilines is 1. The highest BCUT2D eigenvalue weighted by atomic mass is 16.6. The molecule has 0 fully saturated rings. The van der Waals surface area contributed by atoms with E-state index in [1.807, 2.05) is 0 Å². The first-order valence-electron chi connectivity index (χ1n) is 5.56. The van der Waals surface area contributed by atoms with E-state index in [0.29, 0.717) is 6.61 Å². The van der Waals surface area contributed by atoms with Crippen molar-refractivity contribution in [1.29, 1.82) is 0 Å². The van der Waals surface area contributed by atoms with Crippen molar-refractivity contribution in [3.8, 4) is 0 Å². The number of aromatic carboxylic acids is 1. The van der Waals surface area contributed by atoms with Gasteiger partial charge in [0.1, 0.15) is 11.3 Å². The van der Waals surface area contributed by atoms with E-state index in [-0.39, 0.29) is 11.3 Å². The summed E-state index contributed by atoms with van der Waals surface area (Å²) in [7, 11) is 1.52. The molecule has 1 aromatic rings. The minimum absolute atomic E-state index is 0.159. The van der Waals surface area contributed by atoms with Crippen molar-refractivity contribution in [3.63, 3.8) is 0 Å². The lowest BCUT2D eigenvalue weighted by Crippen LogP contribution is -2.36. The largest absolute Gasteiger partial charge is 0.477 e. The van der Waals surface area contributed by atoms with Gasteiger partial charge in [-0.1, -0.05) is 6.07 Å². The minimum atomic E-state index is -1.33. The number of carboxylic acid groups (broad SMARTS) is 1. The van der Waals surface area contributed by atoms with Gasteiger partial charge < -0.3 is 15.2 Å². The van der Waals surface area contributed by atoms with Gasteiger partial charge in [-0.25, -0.2) is 4.79 Å². The first-order chi connectivity index (χ1) is 8.78. The van der Waals surface area contributed by atoms with E-state index in [0.717, 1.165) is 0 Å². The van der Waals surface area contributed by atoms with E-state index >= 15 is 0 Å². The van der Waals surface area contributed by atoms with Crippen LogP contribution in [0.5, 0.6) is 0 Å². The molecule has 1 aromatic carbocycles. The molecule has 0 amide bonds. The molecule has 0 spiro atoms. The number of ether oxygens (including phenoxy) is 1. The van der Waals surface area contributed by atoms with Gasteiger partial charge in [-0.2, -0.15) is 0 Å². The number of carbonyl (C=O) groups is 1. The second-order valence-corrected chi connectivity index (χ2v) is 4.71. The standard InChI is InChI=1S/C12H16N2O5/c1-12(2,7-19-3)13-9-6-4-5-8(11(15)16)10(9)14(17)18/h4-6,13H,7H2,1-3H3,(H,15,16). The second-order valence-electron chi connectivity index (χ2n) is 4.71. The lowest BCUT2D eigenvalue weighted by atomic mass is 10.0. The quantitative estimate of drug-likeness (QED) is 0.605. The third-order valence-electron chi connectivity index (χ3n) is 2.43. The van der Waals surface area contributed by atoms with Crippen LogP contribution in [0, 0.1) is 10.1 Å². The molecule has 2 N–H and O–H groups in total. The van der Waals surface area contributed by atoms with Gasteiger partial charge in [-0.3, -0.25) is 10.1 Å². The Balaban J connectivity index is 3.24. The van der Waals surface area contributed by atoms with Crippen LogP contribution in [0.15, 0.2) is 18.2 Å². The van der Waals surface area contributed by atoms with Crippen molar-refractivity contribution < 1.29 is 19.6 Å². The third kappa shape index (κ3) is 3.65. The van der Waals surface area contributed by atoms with E-state index < -0.39 is 22.1 Å². The third-order valence-corrected chi connectivity index (χ3v) is 2.43. The number of nitro benzene ring substituents is 1. The smallest absolute Gasteiger partial charge is 0.342 e. The Labute approximate surface area is 110 Å². The van der Waals surface area contributed by atoms with Gasteiger partial charge in [0.15, 0.2) is 0 Å². The average molecular weight is 268 g/mol. The summed E-state index contributed by atoms with van der Waals surface area (Å²) in [4.78, 5) is 21.4. The molecule has 1 rings (SSSR count). The number of nitrogens with zero attached hydrogens (tertiary/aromatic N) is 1. The van der Waals surface area contributed by atoms with Gasteiger partial charge >= 0.3 is 11.7 Å². The molecule has 0 aromatic heterocycles. The lowest BCUT2D eigenvalue weighted by molar-refractivity contribution is -0.384. The van der Waals surface area contributed by atoms with Crippen LogP contribution >= 0.6 is 0 Å². The predicted octanol–water partition coefficient (Wildman–Crippen LogP) is 2.13. The van der Waals surface area contributed by atoms with Gasteiger partial charge in [-0.05, 0) is 26.0 Å². The SMILES string of the molecule is COCC(C)(C)Nc1cccc(C(=O)O)c1[N+](=O)[O-]. The fraction of sp³-hybridized carbons (Fsp3) is 0.417. The highest BCUT2D eigenvalue weighted by Gasteiger charge is 2.27. The fourth-order valence-electron chi connectivity index (χ4n) is 1.78. The molecule has 0 saturated heterocycles. The maximum absolute atomic E-state index is 11.1. The molecular formula is C12H16N2O5. The summed E-state index contributed by atoms with van der Waals surface area (Å²) >= 11 is 0. The number of nitro groups is 1. The van der Waals surface area contributed by atoms with Crippen LogP contribution in [0.25, 0.3) is 0 Å². The van der Waals surface area contributed by atoms with Crippen molar-refractivity contribution in [3.05, 3.63) is 33.9 Å². The molecule has 0 saturated carbocycles. The molecule has 104 valence electrons. The monoisotopic (exact) mass is 268 g/mol. The summed E-state index contributed by atoms with van der Waals surface area (Å²) in [5.74, 6) is -1.33. The Hall–Kier alpha value is -2.15. The Morgan fingerprint density at radius 2 is 2.16 bits per heavy atom. The van der Waals surface area contributed by atoms with Crippen molar-refractivity contribution in [2.75, 3.05) is 19.0 Å². The number of nitrogens with one attached hydrogen (secondary N) is 1. The number of methoxy groups -OCH3 is 1. The highest BCUT2D eigenvalue weighted by molar-refractivity contribution is 5.95. The average Bonchev–Trinajstić information content (AvgIpc) is 2.27. The summed E-state index contributed by atoms with van der Waals surface area (Å²) in [6.07, 6.45) is 0. The van der Waals surface area contributed by atoms with Gasteiger partial charge in [0.25, 0.3) is 0 Å². The summed E-state index contributed by atoms with van der Waals surface area (Å²) in [5, 5.41) is 23.0. The van der Waals surface area contributed by atoms with Crippen LogP contribution in [-0.2, 0) is 4.74 Å². The number of hydrogen-bond acceptors (Lipinski definition) is 5. The Morgan fingerprint density at radius 1 is 1.53 bits per heavy atom. The molecule has 0 bridgehead atoms. The fourth-order valence-corrected chi connectivity index (χ4v) is 1.78. The molecule has 0 radical (unpaired) electrons. The Morgan fingerprint density at radius 3 is 2.63 bits per heavy atom. The van der Waals surface area contributed by atoms with Crippen LogP contribution in [0.2, 0.25) is 0 Å². The van der Waals surface area contributed by atoms with E-state index in [4.69, 9.17) is 9.84 Å². The maximum Gasteiger partial charge on any atom is 0.342 e. The normalized spacial score (nSPS) is 11.1. The lowest BCUT2D eigenvalue weighted by Gasteiger charge is -2.26. The number of benzene rings is 1. The summed E-state index contributed by atoms with van der Waals surface area (Å²) in [6.45, 7) is 3.92. The molecule has 7 heteroatoms. The van der Waals surface area contributed by atoms with Crippen LogP contribution in [0.3, 0.4) is 0 Å². The van der Waals surface area contributed by atoms with Gasteiger partial charge in [0.05, 0.1) is 17.1 Å².